The van der Waals surface area contributed by atoms with E-state index in [9.17, 15) is 4.79 Å². The molecule has 1 atom stereocenters. The van der Waals surface area contributed by atoms with Gasteiger partial charge in [-0.2, -0.15) is 5.11 Å². The van der Waals surface area contributed by atoms with Crippen LogP contribution in [0.5, 0.6) is 0 Å². The Morgan fingerprint density at radius 1 is 1.20 bits per heavy atom. The number of para-hydroxylation sites is 1. The Balaban J connectivity index is 1.51. The topological polar surface area (TPSA) is 114 Å². The van der Waals surface area contributed by atoms with Crippen LogP contribution in [0.2, 0.25) is 0 Å². The summed E-state index contributed by atoms with van der Waals surface area (Å²) in [6, 6.07) is 9.48. The average Bonchev–Trinajstić information content (AvgIpc) is 3.33. The second-order valence-corrected chi connectivity index (χ2v) is 9.36. The highest BCUT2D eigenvalue weighted by molar-refractivity contribution is 9.09. The normalized spacial score (nSPS) is 17.5. The molecule has 5 rings (SSSR count). The Labute approximate surface area is 183 Å². The molecule has 4 heterocycles. The molecular weight excluding hydrogens is 468 g/mol. The van der Waals surface area contributed by atoms with Crippen LogP contribution in [-0.4, -0.2) is 35.2 Å². The molecule has 0 saturated carbocycles. The van der Waals surface area contributed by atoms with E-state index < -0.39 is 4.45 Å². The Bertz CT molecular complexity index is 1330. The third-order valence-corrected chi connectivity index (χ3v) is 6.24. The number of aromatic nitrogens is 6. The second-order valence-electron chi connectivity index (χ2n) is 6.73. The van der Waals surface area contributed by atoms with Gasteiger partial charge in [-0.15, -0.1) is 16.9 Å². The molecule has 0 spiro atoms. The molecule has 1 aliphatic heterocycles. The summed E-state index contributed by atoms with van der Waals surface area (Å²) in [5.41, 5.74) is 2.45. The number of H-pyrrole nitrogens is 1. The number of aryl methyl sites for hydroxylation is 1. The third-order valence-electron chi connectivity index (χ3n) is 4.69. The molecule has 1 N–H and O–H groups in total. The molecule has 0 saturated heterocycles. The van der Waals surface area contributed by atoms with Crippen molar-refractivity contribution in [1.29, 1.82) is 0 Å². The summed E-state index contributed by atoms with van der Waals surface area (Å²) >= 11 is 5.04. The first-order valence-electron chi connectivity index (χ1n) is 9.15. The first-order valence-corrected chi connectivity index (χ1v) is 10.9. The predicted molar refractivity (Wildman–Crippen MR) is 117 cm³/mol. The van der Waals surface area contributed by atoms with Crippen LogP contribution in [0, 0.1) is 0 Å². The van der Waals surface area contributed by atoms with Crippen molar-refractivity contribution < 1.29 is 0 Å². The SMILES string of the molecule is CC1(Br)N=Nc2nc(CCSc3ncnc4nc[nH]c34)n(-c3ccccc3)c(=O)c21. The van der Waals surface area contributed by atoms with E-state index in [-0.39, 0.29) is 5.56 Å². The molecule has 11 heteroatoms. The number of fused-ring (bicyclic) bond motifs is 2. The van der Waals surface area contributed by atoms with Gasteiger partial charge in [0.1, 0.15) is 28.3 Å². The maximum Gasteiger partial charge on any atom is 0.267 e. The first kappa shape index (κ1) is 19.1. The molecule has 9 nitrogen and oxygen atoms in total. The molecule has 1 unspecified atom stereocenters. The highest BCUT2D eigenvalue weighted by atomic mass is 79.9. The fourth-order valence-electron chi connectivity index (χ4n) is 3.32. The summed E-state index contributed by atoms with van der Waals surface area (Å²) in [6.07, 6.45) is 3.63. The number of hydrogen-bond donors (Lipinski definition) is 1. The zero-order valence-corrected chi connectivity index (χ0v) is 18.2. The molecule has 0 bridgehead atoms. The zero-order chi connectivity index (χ0) is 20.7. The van der Waals surface area contributed by atoms with Gasteiger partial charge in [0.15, 0.2) is 15.9 Å². The predicted octanol–water partition coefficient (Wildman–Crippen LogP) is 3.90. The monoisotopic (exact) mass is 482 g/mol. The quantitative estimate of drug-likeness (QED) is 0.199. The summed E-state index contributed by atoms with van der Waals surface area (Å²) in [7, 11) is 0. The van der Waals surface area contributed by atoms with Crippen LogP contribution < -0.4 is 5.56 Å². The Kier molecular flexibility index (Phi) is 4.70. The fourth-order valence-corrected chi connectivity index (χ4v) is 4.64. The number of hydrogen-bond acceptors (Lipinski definition) is 8. The minimum atomic E-state index is -0.872. The lowest BCUT2D eigenvalue weighted by atomic mass is 10.1. The molecule has 1 aromatic carbocycles. The van der Waals surface area contributed by atoms with Gasteiger partial charge in [0.05, 0.1) is 12.0 Å². The van der Waals surface area contributed by atoms with Crippen LogP contribution in [0.15, 0.2) is 63.0 Å². The third kappa shape index (κ3) is 3.23. The lowest BCUT2D eigenvalue weighted by Crippen LogP contribution is -2.30. The molecule has 3 aromatic heterocycles. The number of azo groups is 1. The van der Waals surface area contributed by atoms with Crippen LogP contribution in [-0.2, 0) is 10.9 Å². The number of benzene rings is 1. The van der Waals surface area contributed by atoms with E-state index in [1.165, 1.54) is 6.33 Å². The largest absolute Gasteiger partial charge is 0.341 e. The zero-order valence-electron chi connectivity index (χ0n) is 15.8. The minimum absolute atomic E-state index is 0.173. The summed E-state index contributed by atoms with van der Waals surface area (Å²) in [6.45, 7) is 1.79. The number of thioether (sulfide) groups is 1. The number of alkyl halides is 1. The van der Waals surface area contributed by atoms with Crippen molar-refractivity contribution >= 4 is 44.7 Å². The van der Waals surface area contributed by atoms with E-state index in [0.29, 0.717) is 35.0 Å². The van der Waals surface area contributed by atoms with Crippen molar-refractivity contribution in [1.82, 2.24) is 29.5 Å². The molecular formula is C19H15BrN8OS. The van der Waals surface area contributed by atoms with Gasteiger partial charge < -0.3 is 4.98 Å². The number of halogens is 1. The standard InChI is InChI=1S/C19H15BrN8OS/c1-19(20)13-15(26-27-19)25-12(28(18(13)29)11-5-3-2-4-6-11)7-8-30-17-14-16(22-9-21-14)23-10-24-17/h2-6,9-10H,7-8H2,1H3,(H,21,22,23,24). The Hall–Kier alpha value is -2.92. The van der Waals surface area contributed by atoms with Crippen LogP contribution in [0.25, 0.3) is 16.9 Å². The second kappa shape index (κ2) is 7.40. The van der Waals surface area contributed by atoms with Gasteiger partial charge in [0, 0.05) is 12.2 Å². The van der Waals surface area contributed by atoms with Crippen molar-refractivity contribution in [3.63, 3.8) is 0 Å². The van der Waals surface area contributed by atoms with Crippen LogP contribution in [0.1, 0.15) is 18.3 Å². The van der Waals surface area contributed by atoms with Crippen molar-refractivity contribution in [3.8, 4) is 5.69 Å². The van der Waals surface area contributed by atoms with Gasteiger partial charge in [0.2, 0.25) is 0 Å². The van der Waals surface area contributed by atoms with Crippen LogP contribution >= 0.6 is 27.7 Å². The number of nitrogens with zero attached hydrogens (tertiary/aromatic N) is 7. The number of imidazole rings is 1. The lowest BCUT2D eigenvalue weighted by molar-refractivity contribution is 0.721. The van der Waals surface area contributed by atoms with Crippen molar-refractivity contribution in [2.75, 3.05) is 5.75 Å². The van der Waals surface area contributed by atoms with E-state index in [2.05, 4.69) is 51.1 Å². The van der Waals surface area contributed by atoms with Gasteiger partial charge in [-0.1, -0.05) is 34.1 Å². The molecule has 1 aliphatic rings. The first-order chi connectivity index (χ1) is 14.5. The van der Waals surface area contributed by atoms with Crippen molar-refractivity contribution in [2.24, 2.45) is 10.2 Å². The lowest BCUT2D eigenvalue weighted by Gasteiger charge is -2.16. The molecule has 0 amide bonds. The molecule has 150 valence electrons. The molecule has 0 fully saturated rings. The number of rotatable bonds is 5. The van der Waals surface area contributed by atoms with Crippen LogP contribution in [0.3, 0.4) is 0 Å². The van der Waals surface area contributed by atoms with Crippen molar-refractivity contribution in [2.45, 2.75) is 22.8 Å². The average molecular weight is 483 g/mol. The van der Waals surface area contributed by atoms with Gasteiger partial charge >= 0.3 is 0 Å². The summed E-state index contributed by atoms with van der Waals surface area (Å²) < 4.78 is 0.768. The van der Waals surface area contributed by atoms with Gasteiger partial charge in [-0.05, 0) is 19.1 Å². The maximum atomic E-state index is 13.4. The van der Waals surface area contributed by atoms with E-state index >= 15 is 0 Å². The molecule has 30 heavy (non-hydrogen) atoms. The molecule has 4 aromatic rings. The maximum absolute atomic E-state index is 13.4. The van der Waals surface area contributed by atoms with E-state index in [1.54, 1.807) is 29.6 Å². The van der Waals surface area contributed by atoms with Gasteiger partial charge in [-0.3, -0.25) is 9.36 Å². The fraction of sp³-hybridized carbons (Fsp3) is 0.211. The van der Waals surface area contributed by atoms with E-state index in [1.807, 2.05) is 30.3 Å². The number of aromatic amines is 1. The summed E-state index contributed by atoms with van der Waals surface area (Å²) in [5.74, 6) is 1.65. The summed E-state index contributed by atoms with van der Waals surface area (Å²) in [5, 5.41) is 9.09. The molecule has 0 aliphatic carbocycles. The van der Waals surface area contributed by atoms with Gasteiger partial charge in [-0.25, -0.2) is 19.9 Å². The smallest absolute Gasteiger partial charge is 0.267 e. The number of nitrogens with one attached hydrogen (secondary N) is 1. The minimum Gasteiger partial charge on any atom is -0.341 e. The van der Waals surface area contributed by atoms with E-state index in [4.69, 9.17) is 0 Å². The van der Waals surface area contributed by atoms with Crippen LogP contribution in [0.4, 0.5) is 5.82 Å². The van der Waals surface area contributed by atoms with Gasteiger partial charge in [0.25, 0.3) is 5.56 Å². The molecule has 0 radical (unpaired) electrons. The Morgan fingerprint density at radius 3 is 2.87 bits per heavy atom. The van der Waals surface area contributed by atoms with Crippen molar-refractivity contribution in [3.05, 3.63) is 64.7 Å². The summed E-state index contributed by atoms with van der Waals surface area (Å²) in [4.78, 5) is 33.8. The Morgan fingerprint density at radius 2 is 2.03 bits per heavy atom. The highest BCUT2D eigenvalue weighted by Crippen LogP contribution is 2.41. The van der Waals surface area contributed by atoms with E-state index in [0.717, 1.165) is 16.2 Å². The highest BCUT2D eigenvalue weighted by Gasteiger charge is 2.37.